The molecule has 3 amide bonds. The van der Waals surface area contributed by atoms with Crippen molar-refractivity contribution in [3.8, 4) is 0 Å². The normalized spacial score (nSPS) is 14.1. The Balaban J connectivity index is 3.56. The zero-order chi connectivity index (χ0) is 27.6. The first kappa shape index (κ1) is 31.2. The molecule has 0 spiro atoms. The van der Waals surface area contributed by atoms with Crippen LogP contribution in [0.15, 0.2) is 30.8 Å². The average molecular weight is 504 g/mol. The topological polar surface area (TPSA) is 108 Å². The number of carbonyl (C=O) groups excluding carboxylic acids is 3. The van der Waals surface area contributed by atoms with Crippen LogP contribution in [-0.2, 0) is 14.3 Å². The van der Waals surface area contributed by atoms with E-state index in [9.17, 15) is 19.5 Å². The van der Waals surface area contributed by atoms with Crippen LogP contribution in [0.3, 0.4) is 0 Å². The predicted molar refractivity (Wildman–Crippen MR) is 143 cm³/mol. The molecule has 0 aliphatic rings. The summed E-state index contributed by atoms with van der Waals surface area (Å²) in [5.74, 6) is -0.512. The number of hydrogen-bond acceptors (Lipinski definition) is 5. The van der Waals surface area contributed by atoms with Gasteiger partial charge in [-0.1, -0.05) is 44.7 Å². The number of carbonyl (C=O) groups is 3. The summed E-state index contributed by atoms with van der Waals surface area (Å²) < 4.78 is 5.29. The number of ether oxygens (including phenoxy) is 1. The Kier molecular flexibility index (Phi) is 12.1. The first-order valence-corrected chi connectivity index (χ1v) is 12.7. The van der Waals surface area contributed by atoms with Crippen molar-refractivity contribution in [3.63, 3.8) is 0 Å². The standard InChI is InChI=1S/C28H45N3O5/c1-10-21-12-11-13-22(16-21)24(25(33)29-19(4)5)31(20(6)15-14-18(2)3)26(34)23(17-32)30-27(35)36-28(7,8)9/h10-13,16,18-20,23-24,32H,1,14-15,17H2,2-9H3,(H,29,33)(H,30,35). The van der Waals surface area contributed by atoms with Crippen molar-refractivity contribution < 1.29 is 24.2 Å². The van der Waals surface area contributed by atoms with Gasteiger partial charge < -0.3 is 25.4 Å². The van der Waals surface area contributed by atoms with E-state index in [4.69, 9.17) is 4.74 Å². The van der Waals surface area contributed by atoms with Crippen LogP contribution in [0, 0.1) is 5.92 Å². The van der Waals surface area contributed by atoms with Gasteiger partial charge in [-0.05, 0) is 77.5 Å². The van der Waals surface area contributed by atoms with E-state index in [0.29, 0.717) is 17.9 Å². The maximum atomic E-state index is 13.9. The number of aliphatic hydroxyl groups excluding tert-OH is 1. The van der Waals surface area contributed by atoms with E-state index < -0.39 is 36.3 Å². The van der Waals surface area contributed by atoms with Crippen LogP contribution in [0.4, 0.5) is 4.79 Å². The molecule has 0 fully saturated rings. The summed E-state index contributed by atoms with van der Waals surface area (Å²) in [5.41, 5.74) is 0.647. The molecule has 0 heterocycles. The molecule has 8 nitrogen and oxygen atoms in total. The first-order valence-electron chi connectivity index (χ1n) is 12.7. The summed E-state index contributed by atoms with van der Waals surface area (Å²) in [6, 6.07) is 4.53. The van der Waals surface area contributed by atoms with Crippen molar-refractivity contribution in [1.82, 2.24) is 15.5 Å². The number of amides is 3. The van der Waals surface area contributed by atoms with Gasteiger partial charge in [-0.2, -0.15) is 0 Å². The number of hydrogen-bond donors (Lipinski definition) is 3. The van der Waals surface area contributed by atoms with E-state index in [0.717, 1.165) is 12.0 Å². The fraction of sp³-hybridized carbons (Fsp3) is 0.607. The molecule has 8 heteroatoms. The molecular weight excluding hydrogens is 458 g/mol. The highest BCUT2D eigenvalue weighted by atomic mass is 16.6. The third kappa shape index (κ3) is 10.0. The minimum atomic E-state index is -1.28. The van der Waals surface area contributed by atoms with E-state index in [1.165, 1.54) is 4.90 Å². The lowest BCUT2D eigenvalue weighted by molar-refractivity contribution is -0.146. The fourth-order valence-electron chi connectivity index (χ4n) is 3.79. The highest BCUT2D eigenvalue weighted by Crippen LogP contribution is 2.28. The molecule has 0 aromatic heterocycles. The Labute approximate surface area is 216 Å². The summed E-state index contributed by atoms with van der Waals surface area (Å²) in [6.07, 6.45) is 2.33. The zero-order valence-electron chi connectivity index (χ0n) is 23.1. The maximum absolute atomic E-state index is 13.9. The molecule has 3 N–H and O–H groups in total. The zero-order valence-corrected chi connectivity index (χ0v) is 23.1. The summed E-state index contributed by atoms with van der Waals surface area (Å²) in [5, 5.41) is 15.5. The molecule has 1 aromatic rings. The maximum Gasteiger partial charge on any atom is 0.408 e. The van der Waals surface area contributed by atoms with Gasteiger partial charge >= 0.3 is 6.09 Å². The Morgan fingerprint density at radius 1 is 1.08 bits per heavy atom. The molecule has 36 heavy (non-hydrogen) atoms. The number of aliphatic hydroxyl groups is 1. The Morgan fingerprint density at radius 3 is 2.22 bits per heavy atom. The first-order chi connectivity index (χ1) is 16.7. The van der Waals surface area contributed by atoms with Crippen LogP contribution in [0.1, 0.15) is 85.4 Å². The van der Waals surface area contributed by atoms with Gasteiger partial charge in [-0.25, -0.2) is 4.79 Å². The van der Waals surface area contributed by atoms with Crippen LogP contribution < -0.4 is 10.6 Å². The Hall–Kier alpha value is -2.87. The van der Waals surface area contributed by atoms with Gasteiger partial charge in [0.2, 0.25) is 11.8 Å². The second-order valence-corrected chi connectivity index (χ2v) is 10.9. The van der Waals surface area contributed by atoms with Crippen LogP contribution in [0.5, 0.6) is 0 Å². The lowest BCUT2D eigenvalue weighted by atomic mass is 9.96. The molecule has 0 saturated carbocycles. The Morgan fingerprint density at radius 2 is 1.72 bits per heavy atom. The van der Waals surface area contributed by atoms with Crippen molar-refractivity contribution in [2.24, 2.45) is 5.92 Å². The summed E-state index contributed by atoms with van der Waals surface area (Å²) in [6.45, 7) is 18.1. The van der Waals surface area contributed by atoms with E-state index in [1.807, 2.05) is 39.0 Å². The number of nitrogens with zero attached hydrogens (tertiary/aromatic N) is 1. The fourth-order valence-corrected chi connectivity index (χ4v) is 3.79. The van der Waals surface area contributed by atoms with Crippen LogP contribution >= 0.6 is 0 Å². The summed E-state index contributed by atoms with van der Waals surface area (Å²) in [4.78, 5) is 41.4. The number of nitrogens with one attached hydrogen (secondary N) is 2. The SMILES string of the molecule is C=Cc1cccc(C(C(=O)NC(C)C)N(C(=O)C(CO)NC(=O)OC(C)(C)C)C(C)CCC(C)C)c1. The van der Waals surface area contributed by atoms with Crippen molar-refractivity contribution in [3.05, 3.63) is 42.0 Å². The largest absolute Gasteiger partial charge is 0.444 e. The highest BCUT2D eigenvalue weighted by Gasteiger charge is 2.39. The summed E-state index contributed by atoms with van der Waals surface area (Å²) in [7, 11) is 0. The van der Waals surface area contributed by atoms with Crippen molar-refractivity contribution >= 4 is 24.0 Å². The molecule has 0 aliphatic carbocycles. The van der Waals surface area contributed by atoms with E-state index >= 15 is 0 Å². The second-order valence-electron chi connectivity index (χ2n) is 10.9. The van der Waals surface area contributed by atoms with Gasteiger partial charge in [0.1, 0.15) is 17.7 Å². The van der Waals surface area contributed by atoms with E-state index in [-0.39, 0.29) is 18.0 Å². The molecule has 0 bridgehead atoms. The molecule has 3 unspecified atom stereocenters. The molecule has 0 saturated heterocycles. The lowest BCUT2D eigenvalue weighted by Crippen LogP contribution is -2.57. The summed E-state index contributed by atoms with van der Waals surface area (Å²) >= 11 is 0. The van der Waals surface area contributed by atoms with Crippen molar-refractivity contribution in [1.29, 1.82) is 0 Å². The molecule has 1 rings (SSSR count). The van der Waals surface area contributed by atoms with Gasteiger partial charge in [0, 0.05) is 12.1 Å². The quantitative estimate of drug-likeness (QED) is 0.391. The van der Waals surface area contributed by atoms with Crippen LogP contribution in [0.2, 0.25) is 0 Å². The van der Waals surface area contributed by atoms with Gasteiger partial charge in [0.25, 0.3) is 0 Å². The molecule has 1 aromatic carbocycles. The average Bonchev–Trinajstić information content (AvgIpc) is 2.77. The molecule has 202 valence electrons. The minimum absolute atomic E-state index is 0.154. The monoisotopic (exact) mass is 503 g/mol. The third-order valence-electron chi connectivity index (χ3n) is 5.48. The molecular formula is C28H45N3O5. The van der Waals surface area contributed by atoms with Crippen molar-refractivity contribution in [2.75, 3.05) is 6.61 Å². The molecule has 3 atom stereocenters. The van der Waals surface area contributed by atoms with Gasteiger partial charge in [0.15, 0.2) is 0 Å². The van der Waals surface area contributed by atoms with Gasteiger partial charge in [-0.3, -0.25) is 9.59 Å². The minimum Gasteiger partial charge on any atom is -0.444 e. The van der Waals surface area contributed by atoms with E-state index in [1.54, 1.807) is 32.9 Å². The van der Waals surface area contributed by atoms with Gasteiger partial charge in [0.05, 0.1) is 6.61 Å². The van der Waals surface area contributed by atoms with Crippen molar-refractivity contribution in [2.45, 2.75) is 98.0 Å². The lowest BCUT2D eigenvalue weighted by Gasteiger charge is -2.39. The number of benzene rings is 1. The predicted octanol–water partition coefficient (Wildman–Crippen LogP) is 4.43. The number of rotatable bonds is 12. The van der Waals surface area contributed by atoms with Gasteiger partial charge in [-0.15, -0.1) is 0 Å². The highest BCUT2D eigenvalue weighted by molar-refractivity contribution is 5.92. The van der Waals surface area contributed by atoms with E-state index in [2.05, 4.69) is 31.1 Å². The molecule has 0 aliphatic heterocycles. The molecule has 0 radical (unpaired) electrons. The van der Waals surface area contributed by atoms with Crippen LogP contribution in [-0.4, -0.2) is 58.2 Å². The number of alkyl carbamates (subject to hydrolysis) is 1. The third-order valence-corrected chi connectivity index (χ3v) is 5.48. The second kappa shape index (κ2) is 14.0. The van der Waals surface area contributed by atoms with Crippen LogP contribution in [0.25, 0.3) is 6.08 Å². The Bertz CT molecular complexity index is 891. The smallest absolute Gasteiger partial charge is 0.408 e.